The molecule has 0 spiro atoms. The fourth-order valence-corrected chi connectivity index (χ4v) is 4.51. The van der Waals surface area contributed by atoms with Crippen LogP contribution in [0.5, 0.6) is 0 Å². The van der Waals surface area contributed by atoms with Gasteiger partial charge in [0, 0.05) is 37.3 Å². The number of rotatable bonds is 6. The molecule has 0 bridgehead atoms. The SMILES string of the molecule is Cc1nc(C)n([C@@H](C)CC(=O)N2CCC(c3ccc(Cc4cccc(F)c4)cn3)CC2)n1. The number of hydrogen-bond acceptors (Lipinski definition) is 4. The normalized spacial score (nSPS) is 15.7. The average molecular weight is 436 g/mol. The van der Waals surface area contributed by atoms with Gasteiger partial charge < -0.3 is 4.90 Å². The van der Waals surface area contributed by atoms with Crippen LogP contribution in [-0.4, -0.2) is 43.6 Å². The van der Waals surface area contributed by atoms with Gasteiger partial charge in [0.25, 0.3) is 0 Å². The molecule has 1 amide bonds. The van der Waals surface area contributed by atoms with Crippen molar-refractivity contribution in [1.29, 1.82) is 0 Å². The molecule has 2 aromatic heterocycles. The van der Waals surface area contributed by atoms with E-state index in [0.29, 0.717) is 18.8 Å². The van der Waals surface area contributed by atoms with Crippen LogP contribution >= 0.6 is 0 Å². The number of carbonyl (C=O) groups excluding carboxylic acids is 1. The number of likely N-dealkylation sites (tertiary alicyclic amines) is 1. The van der Waals surface area contributed by atoms with Crippen molar-refractivity contribution >= 4 is 5.91 Å². The summed E-state index contributed by atoms with van der Waals surface area (Å²) >= 11 is 0. The molecule has 0 aliphatic carbocycles. The van der Waals surface area contributed by atoms with Crippen molar-refractivity contribution in [3.05, 3.63) is 76.9 Å². The topological polar surface area (TPSA) is 63.9 Å². The summed E-state index contributed by atoms with van der Waals surface area (Å²) in [5.41, 5.74) is 3.08. The van der Waals surface area contributed by atoms with E-state index < -0.39 is 0 Å². The van der Waals surface area contributed by atoms with Crippen molar-refractivity contribution in [2.75, 3.05) is 13.1 Å². The maximum atomic E-state index is 13.4. The molecule has 1 fully saturated rings. The lowest BCUT2D eigenvalue weighted by molar-refractivity contribution is -0.133. The Labute approximate surface area is 188 Å². The molecule has 1 aromatic carbocycles. The monoisotopic (exact) mass is 435 g/mol. The first-order valence-electron chi connectivity index (χ1n) is 11.3. The minimum absolute atomic E-state index is 0.00581. The standard InChI is InChI=1S/C25H30FN5O/c1-17(31-19(3)28-18(2)29-31)13-25(32)30-11-9-22(10-12-30)24-8-7-21(16-27-24)14-20-5-4-6-23(26)15-20/h4-8,15-17,22H,9-14H2,1-3H3/t17-/m0/s1. The minimum Gasteiger partial charge on any atom is -0.343 e. The molecule has 1 aliphatic rings. The molecule has 168 valence electrons. The minimum atomic E-state index is -0.214. The van der Waals surface area contributed by atoms with Gasteiger partial charge in [-0.25, -0.2) is 14.1 Å². The summed E-state index contributed by atoms with van der Waals surface area (Å²) in [7, 11) is 0. The van der Waals surface area contributed by atoms with E-state index in [0.717, 1.165) is 54.4 Å². The van der Waals surface area contributed by atoms with Gasteiger partial charge in [-0.15, -0.1) is 0 Å². The molecule has 0 N–H and O–H groups in total. The van der Waals surface area contributed by atoms with Gasteiger partial charge in [0.05, 0.1) is 6.04 Å². The number of amides is 1. The van der Waals surface area contributed by atoms with E-state index in [1.807, 2.05) is 42.6 Å². The number of halogens is 1. The van der Waals surface area contributed by atoms with Crippen molar-refractivity contribution in [2.45, 2.75) is 58.4 Å². The summed E-state index contributed by atoms with van der Waals surface area (Å²) < 4.78 is 15.2. The van der Waals surface area contributed by atoms with Gasteiger partial charge in [-0.3, -0.25) is 9.78 Å². The zero-order chi connectivity index (χ0) is 22.7. The fraction of sp³-hybridized carbons (Fsp3) is 0.440. The molecule has 32 heavy (non-hydrogen) atoms. The van der Waals surface area contributed by atoms with Crippen LogP contribution < -0.4 is 0 Å². The second kappa shape index (κ2) is 9.59. The highest BCUT2D eigenvalue weighted by Gasteiger charge is 2.26. The van der Waals surface area contributed by atoms with Crippen LogP contribution in [-0.2, 0) is 11.2 Å². The zero-order valence-corrected chi connectivity index (χ0v) is 19.0. The predicted molar refractivity (Wildman–Crippen MR) is 121 cm³/mol. The van der Waals surface area contributed by atoms with Gasteiger partial charge in [0.1, 0.15) is 17.5 Å². The number of pyridine rings is 1. The summed E-state index contributed by atoms with van der Waals surface area (Å²) in [5, 5.41) is 4.41. The van der Waals surface area contributed by atoms with Crippen LogP contribution in [0.2, 0.25) is 0 Å². The van der Waals surface area contributed by atoms with Gasteiger partial charge >= 0.3 is 0 Å². The van der Waals surface area contributed by atoms with E-state index in [9.17, 15) is 9.18 Å². The fourth-order valence-electron chi connectivity index (χ4n) is 4.51. The summed E-state index contributed by atoms with van der Waals surface area (Å²) in [4.78, 5) is 23.8. The van der Waals surface area contributed by atoms with Crippen LogP contribution in [0.1, 0.15) is 66.6 Å². The zero-order valence-electron chi connectivity index (χ0n) is 19.0. The predicted octanol–water partition coefficient (Wildman–Crippen LogP) is 4.38. The molecule has 1 aliphatic heterocycles. The number of aromatic nitrogens is 4. The van der Waals surface area contributed by atoms with Crippen LogP contribution in [0.25, 0.3) is 0 Å². The second-order valence-electron chi connectivity index (χ2n) is 8.76. The lowest BCUT2D eigenvalue weighted by Crippen LogP contribution is -2.39. The summed E-state index contributed by atoms with van der Waals surface area (Å²) in [6.07, 6.45) is 4.82. The molecular formula is C25H30FN5O. The van der Waals surface area contributed by atoms with Crippen LogP contribution in [0, 0.1) is 19.7 Å². The molecule has 0 saturated carbocycles. The number of hydrogen-bond donors (Lipinski definition) is 0. The molecule has 7 heteroatoms. The first-order chi connectivity index (χ1) is 15.4. The number of nitrogens with zero attached hydrogens (tertiary/aromatic N) is 5. The average Bonchev–Trinajstić information content (AvgIpc) is 3.12. The highest BCUT2D eigenvalue weighted by molar-refractivity contribution is 5.76. The van der Waals surface area contributed by atoms with Crippen molar-refractivity contribution in [3.63, 3.8) is 0 Å². The van der Waals surface area contributed by atoms with Gasteiger partial charge in [-0.2, -0.15) is 5.10 Å². The van der Waals surface area contributed by atoms with E-state index in [2.05, 4.69) is 27.2 Å². The summed E-state index contributed by atoms with van der Waals surface area (Å²) in [6.45, 7) is 7.30. The van der Waals surface area contributed by atoms with Gasteiger partial charge in [0.15, 0.2) is 0 Å². The van der Waals surface area contributed by atoms with E-state index in [1.54, 1.807) is 12.1 Å². The third-order valence-electron chi connectivity index (χ3n) is 6.21. The quantitative estimate of drug-likeness (QED) is 0.577. The Hall–Kier alpha value is -3.09. The highest BCUT2D eigenvalue weighted by Crippen LogP contribution is 2.28. The van der Waals surface area contributed by atoms with Crippen LogP contribution in [0.15, 0.2) is 42.6 Å². The van der Waals surface area contributed by atoms with Crippen molar-refractivity contribution in [1.82, 2.24) is 24.6 Å². The Bertz CT molecular complexity index is 1070. The van der Waals surface area contributed by atoms with E-state index in [-0.39, 0.29) is 17.8 Å². The van der Waals surface area contributed by atoms with Gasteiger partial charge in [-0.1, -0.05) is 18.2 Å². The molecule has 1 saturated heterocycles. The smallest absolute Gasteiger partial charge is 0.224 e. The van der Waals surface area contributed by atoms with E-state index in [4.69, 9.17) is 0 Å². The van der Waals surface area contributed by atoms with E-state index in [1.165, 1.54) is 6.07 Å². The maximum absolute atomic E-state index is 13.4. The molecule has 0 radical (unpaired) electrons. The molecular weight excluding hydrogens is 405 g/mol. The summed E-state index contributed by atoms with van der Waals surface area (Å²) in [6, 6.07) is 10.8. The Morgan fingerprint density at radius 2 is 1.94 bits per heavy atom. The van der Waals surface area contributed by atoms with Crippen molar-refractivity contribution < 1.29 is 9.18 Å². The maximum Gasteiger partial charge on any atom is 0.224 e. The van der Waals surface area contributed by atoms with Crippen molar-refractivity contribution in [2.24, 2.45) is 0 Å². The molecule has 4 rings (SSSR count). The third-order valence-corrected chi connectivity index (χ3v) is 6.21. The molecule has 3 heterocycles. The molecule has 0 unspecified atom stereocenters. The van der Waals surface area contributed by atoms with Gasteiger partial charge in [-0.05, 0) is 69.4 Å². The van der Waals surface area contributed by atoms with Crippen LogP contribution in [0.4, 0.5) is 4.39 Å². The Kier molecular flexibility index (Phi) is 6.63. The number of aryl methyl sites for hydroxylation is 2. The number of carbonyl (C=O) groups is 1. The number of piperidine rings is 1. The first-order valence-corrected chi connectivity index (χ1v) is 11.3. The van der Waals surface area contributed by atoms with Gasteiger partial charge in [0.2, 0.25) is 5.91 Å². The molecule has 6 nitrogen and oxygen atoms in total. The second-order valence-corrected chi connectivity index (χ2v) is 8.76. The molecule has 1 atom stereocenters. The Balaban J connectivity index is 1.29. The Morgan fingerprint density at radius 1 is 1.16 bits per heavy atom. The lowest BCUT2D eigenvalue weighted by Gasteiger charge is -2.32. The van der Waals surface area contributed by atoms with Crippen LogP contribution in [0.3, 0.4) is 0 Å². The summed E-state index contributed by atoms with van der Waals surface area (Å²) in [5.74, 6) is 1.89. The highest BCUT2D eigenvalue weighted by atomic mass is 19.1. The largest absolute Gasteiger partial charge is 0.343 e. The Morgan fingerprint density at radius 3 is 2.56 bits per heavy atom. The lowest BCUT2D eigenvalue weighted by atomic mass is 9.92. The molecule has 3 aromatic rings. The first kappa shape index (κ1) is 22.1. The van der Waals surface area contributed by atoms with E-state index >= 15 is 0 Å². The third kappa shape index (κ3) is 5.21. The van der Waals surface area contributed by atoms with Crippen molar-refractivity contribution in [3.8, 4) is 0 Å². The number of benzene rings is 1.